The Hall–Kier alpha value is -1.28. The van der Waals surface area contributed by atoms with Crippen LogP contribution in [-0.4, -0.2) is 61.4 Å². The lowest BCUT2D eigenvalue weighted by molar-refractivity contribution is -0.908. The number of quaternary nitrogens is 1. The van der Waals surface area contributed by atoms with Gasteiger partial charge in [0, 0.05) is 20.0 Å². The number of hydrogen-bond donors (Lipinski definition) is 2. The Kier molecular flexibility index (Phi) is 6.37. The van der Waals surface area contributed by atoms with Crippen LogP contribution >= 0.6 is 23.6 Å². The minimum absolute atomic E-state index is 0.750. The number of morpholine rings is 1. The number of ether oxygens (including phenoxy) is 1. The molecule has 2 heterocycles. The number of rotatable bonds is 6. The fraction of sp³-hybridized carbons (Fsp3) is 0.529. The SMILES string of the molecule is CN(Cc1nc2ccccc2s1)C(=S)NCCC[NH+]1CCOCC1. The highest BCUT2D eigenvalue weighted by Gasteiger charge is 2.13. The summed E-state index contributed by atoms with van der Waals surface area (Å²) in [7, 11) is 2.02. The Labute approximate surface area is 152 Å². The quantitative estimate of drug-likeness (QED) is 0.588. The van der Waals surface area contributed by atoms with Gasteiger partial charge in [0.2, 0.25) is 0 Å². The first-order valence-electron chi connectivity index (χ1n) is 8.47. The second kappa shape index (κ2) is 8.71. The van der Waals surface area contributed by atoms with Crippen LogP contribution in [0.3, 0.4) is 0 Å². The van der Waals surface area contributed by atoms with Gasteiger partial charge >= 0.3 is 0 Å². The van der Waals surface area contributed by atoms with Crippen molar-refractivity contribution in [2.75, 3.05) is 46.4 Å². The Morgan fingerprint density at radius 3 is 2.96 bits per heavy atom. The first-order chi connectivity index (χ1) is 11.7. The normalized spacial score (nSPS) is 15.5. The molecule has 24 heavy (non-hydrogen) atoms. The maximum atomic E-state index is 5.49. The van der Waals surface area contributed by atoms with E-state index in [1.807, 2.05) is 13.1 Å². The summed E-state index contributed by atoms with van der Waals surface area (Å²) < 4.78 is 6.62. The molecule has 0 radical (unpaired) electrons. The maximum absolute atomic E-state index is 5.49. The van der Waals surface area contributed by atoms with Crippen LogP contribution in [0, 0.1) is 0 Å². The van der Waals surface area contributed by atoms with Gasteiger partial charge in [0.15, 0.2) is 5.11 Å². The van der Waals surface area contributed by atoms with Crippen molar-refractivity contribution < 1.29 is 9.64 Å². The molecule has 1 aliphatic rings. The first kappa shape index (κ1) is 17.5. The molecule has 0 bridgehead atoms. The number of aromatic nitrogens is 1. The fourth-order valence-electron chi connectivity index (χ4n) is 2.84. The van der Waals surface area contributed by atoms with Crippen molar-refractivity contribution in [2.24, 2.45) is 0 Å². The molecule has 0 spiro atoms. The van der Waals surface area contributed by atoms with Gasteiger partial charge in [-0.15, -0.1) is 11.3 Å². The summed E-state index contributed by atoms with van der Waals surface area (Å²) in [4.78, 5) is 8.37. The van der Waals surface area contributed by atoms with E-state index in [2.05, 4.69) is 33.4 Å². The van der Waals surface area contributed by atoms with Crippen molar-refractivity contribution in [2.45, 2.75) is 13.0 Å². The average molecular weight is 366 g/mol. The molecule has 0 amide bonds. The van der Waals surface area contributed by atoms with Crippen molar-refractivity contribution in [3.8, 4) is 0 Å². The highest BCUT2D eigenvalue weighted by Crippen LogP contribution is 2.22. The summed E-state index contributed by atoms with van der Waals surface area (Å²) in [6.45, 7) is 6.90. The van der Waals surface area contributed by atoms with Crippen molar-refractivity contribution in [1.82, 2.24) is 15.2 Å². The number of nitrogens with zero attached hydrogens (tertiary/aromatic N) is 2. The number of nitrogens with one attached hydrogen (secondary N) is 2. The zero-order valence-corrected chi connectivity index (χ0v) is 15.7. The average Bonchev–Trinajstić information content (AvgIpc) is 3.01. The van der Waals surface area contributed by atoms with E-state index in [4.69, 9.17) is 17.0 Å². The minimum Gasteiger partial charge on any atom is -0.370 e. The molecule has 1 saturated heterocycles. The standard InChI is InChI=1S/C17H24N4OS2/c1-20(13-16-19-14-5-2-3-6-15(14)24-16)17(23)18-7-4-8-21-9-11-22-12-10-21/h2-3,5-6H,4,7-13H2,1H3,(H,18,23)/p+1. The van der Waals surface area contributed by atoms with Gasteiger partial charge in [-0.3, -0.25) is 0 Å². The van der Waals surface area contributed by atoms with Crippen LogP contribution in [0.25, 0.3) is 10.2 Å². The van der Waals surface area contributed by atoms with Gasteiger partial charge in [0.1, 0.15) is 18.1 Å². The number of fused-ring (bicyclic) bond motifs is 1. The number of hydrogen-bond acceptors (Lipinski definition) is 4. The predicted molar refractivity (Wildman–Crippen MR) is 103 cm³/mol. The Morgan fingerprint density at radius 2 is 2.17 bits per heavy atom. The van der Waals surface area contributed by atoms with E-state index >= 15 is 0 Å². The van der Waals surface area contributed by atoms with Crippen LogP contribution in [-0.2, 0) is 11.3 Å². The van der Waals surface area contributed by atoms with Crippen molar-refractivity contribution in [3.05, 3.63) is 29.3 Å². The molecule has 0 atom stereocenters. The van der Waals surface area contributed by atoms with Crippen LogP contribution in [0.4, 0.5) is 0 Å². The molecule has 2 aromatic rings. The van der Waals surface area contributed by atoms with E-state index in [9.17, 15) is 0 Å². The van der Waals surface area contributed by atoms with Crippen molar-refractivity contribution in [3.63, 3.8) is 0 Å². The molecule has 0 saturated carbocycles. The summed E-state index contributed by atoms with van der Waals surface area (Å²) in [5.41, 5.74) is 1.07. The van der Waals surface area contributed by atoms with E-state index in [1.54, 1.807) is 16.2 Å². The van der Waals surface area contributed by atoms with E-state index in [-0.39, 0.29) is 0 Å². The lowest BCUT2D eigenvalue weighted by atomic mass is 10.3. The fourth-order valence-corrected chi connectivity index (χ4v) is 4.03. The largest absolute Gasteiger partial charge is 0.370 e. The van der Waals surface area contributed by atoms with E-state index in [1.165, 1.54) is 11.2 Å². The zero-order chi connectivity index (χ0) is 16.8. The molecule has 130 valence electrons. The summed E-state index contributed by atoms with van der Waals surface area (Å²) >= 11 is 7.23. The molecule has 2 N–H and O–H groups in total. The van der Waals surface area contributed by atoms with Crippen molar-refractivity contribution in [1.29, 1.82) is 0 Å². The van der Waals surface area contributed by atoms with E-state index < -0.39 is 0 Å². The number of benzene rings is 1. The number of thiocarbonyl (C=S) groups is 1. The highest BCUT2D eigenvalue weighted by molar-refractivity contribution is 7.80. The lowest BCUT2D eigenvalue weighted by Gasteiger charge is -2.24. The molecule has 0 unspecified atom stereocenters. The van der Waals surface area contributed by atoms with Gasteiger partial charge in [-0.1, -0.05) is 12.1 Å². The van der Waals surface area contributed by atoms with E-state index in [0.29, 0.717) is 0 Å². The molecule has 1 aromatic heterocycles. The van der Waals surface area contributed by atoms with Crippen LogP contribution in [0.15, 0.2) is 24.3 Å². The van der Waals surface area contributed by atoms with Gasteiger partial charge in [-0.25, -0.2) is 4.98 Å². The van der Waals surface area contributed by atoms with Gasteiger partial charge in [0.25, 0.3) is 0 Å². The Bertz CT molecular complexity index is 636. The first-order valence-corrected chi connectivity index (χ1v) is 9.69. The Balaban J connectivity index is 1.39. The summed E-state index contributed by atoms with van der Waals surface area (Å²) in [5.74, 6) is 0. The molecule has 1 fully saturated rings. The highest BCUT2D eigenvalue weighted by atomic mass is 32.1. The van der Waals surface area contributed by atoms with Gasteiger partial charge in [-0.2, -0.15) is 0 Å². The Morgan fingerprint density at radius 1 is 1.38 bits per heavy atom. The molecular weight excluding hydrogens is 340 g/mol. The van der Waals surface area contributed by atoms with Crippen LogP contribution < -0.4 is 10.2 Å². The second-order valence-electron chi connectivity index (χ2n) is 6.13. The third kappa shape index (κ3) is 4.86. The predicted octanol–water partition coefficient (Wildman–Crippen LogP) is 0.908. The van der Waals surface area contributed by atoms with Gasteiger partial charge in [0.05, 0.1) is 36.5 Å². The van der Waals surface area contributed by atoms with Crippen LogP contribution in [0.1, 0.15) is 11.4 Å². The smallest absolute Gasteiger partial charge is 0.169 e. The van der Waals surface area contributed by atoms with Crippen molar-refractivity contribution >= 4 is 38.9 Å². The maximum Gasteiger partial charge on any atom is 0.169 e. The third-order valence-corrected chi connectivity index (χ3v) is 5.72. The van der Waals surface area contributed by atoms with Crippen LogP contribution in [0.2, 0.25) is 0 Å². The molecular formula is C17H25N4OS2+. The number of thiazole rings is 1. The third-order valence-electron chi connectivity index (χ3n) is 4.24. The zero-order valence-electron chi connectivity index (χ0n) is 14.1. The van der Waals surface area contributed by atoms with Crippen LogP contribution in [0.5, 0.6) is 0 Å². The monoisotopic (exact) mass is 365 g/mol. The van der Waals surface area contributed by atoms with Gasteiger partial charge < -0.3 is 19.9 Å². The van der Waals surface area contributed by atoms with Gasteiger partial charge in [-0.05, 0) is 24.4 Å². The summed E-state index contributed by atoms with van der Waals surface area (Å²) in [6, 6.07) is 8.25. The molecule has 7 heteroatoms. The summed E-state index contributed by atoms with van der Waals surface area (Å²) in [5, 5.41) is 5.26. The molecule has 3 rings (SSSR count). The summed E-state index contributed by atoms with van der Waals surface area (Å²) in [6.07, 6.45) is 1.13. The molecule has 5 nitrogen and oxygen atoms in total. The molecule has 0 aliphatic carbocycles. The number of para-hydroxylation sites is 1. The molecule has 1 aromatic carbocycles. The lowest BCUT2D eigenvalue weighted by Crippen LogP contribution is -3.14. The minimum atomic E-state index is 0.750. The molecule has 1 aliphatic heterocycles. The topological polar surface area (TPSA) is 41.8 Å². The van der Waals surface area contributed by atoms with E-state index in [0.717, 1.165) is 61.5 Å². The second-order valence-corrected chi connectivity index (χ2v) is 7.63.